The van der Waals surface area contributed by atoms with Gasteiger partial charge in [-0.15, -0.1) is 11.3 Å². The van der Waals surface area contributed by atoms with Gasteiger partial charge in [-0.3, -0.25) is 0 Å². The van der Waals surface area contributed by atoms with E-state index in [1.54, 1.807) is 11.3 Å². The van der Waals surface area contributed by atoms with Gasteiger partial charge in [0.1, 0.15) is 0 Å². The van der Waals surface area contributed by atoms with E-state index in [0.29, 0.717) is 0 Å². The van der Waals surface area contributed by atoms with Gasteiger partial charge in [0, 0.05) is 32.8 Å². The highest BCUT2D eigenvalue weighted by Gasteiger charge is 2.02. The van der Waals surface area contributed by atoms with E-state index >= 15 is 0 Å². The molecule has 110 valence electrons. The zero-order valence-corrected chi connectivity index (χ0v) is 14.4. The molecule has 1 aromatic rings. The first-order valence-corrected chi connectivity index (χ1v) is 8.59. The Hall–Kier alpha value is 0.0600. The Labute approximate surface area is 129 Å². The Balaban J connectivity index is 1.94. The van der Waals surface area contributed by atoms with Crippen molar-refractivity contribution < 1.29 is 4.74 Å². The lowest BCUT2D eigenvalue weighted by Crippen LogP contribution is -2.29. The van der Waals surface area contributed by atoms with Crippen LogP contribution in [-0.2, 0) is 11.3 Å². The summed E-state index contributed by atoms with van der Waals surface area (Å²) in [6, 6.07) is 2.20. The second-order valence-electron chi connectivity index (χ2n) is 4.65. The van der Waals surface area contributed by atoms with Gasteiger partial charge in [-0.2, -0.15) is 0 Å². The van der Waals surface area contributed by atoms with E-state index in [1.807, 2.05) is 6.92 Å². The van der Waals surface area contributed by atoms with Gasteiger partial charge in [0.2, 0.25) is 0 Å². The predicted octanol–water partition coefficient (Wildman–Crippen LogP) is 3.35. The van der Waals surface area contributed by atoms with E-state index in [4.69, 9.17) is 4.74 Å². The largest absolute Gasteiger partial charge is 0.382 e. The number of thiophene rings is 1. The first-order chi connectivity index (χ1) is 9.22. The Morgan fingerprint density at radius 2 is 2.21 bits per heavy atom. The number of nitrogens with one attached hydrogen (secondary N) is 1. The molecular weight excluding hydrogens is 324 g/mol. The van der Waals surface area contributed by atoms with Gasteiger partial charge in [0.05, 0.1) is 3.79 Å². The number of hydrogen-bond acceptors (Lipinski definition) is 4. The molecule has 1 N–H and O–H groups in total. The second kappa shape index (κ2) is 10.8. The van der Waals surface area contributed by atoms with Gasteiger partial charge in [-0.25, -0.2) is 0 Å². The van der Waals surface area contributed by atoms with Crippen LogP contribution in [-0.4, -0.2) is 44.8 Å². The van der Waals surface area contributed by atoms with E-state index < -0.39 is 0 Å². The number of halogens is 1. The van der Waals surface area contributed by atoms with Crippen molar-refractivity contribution in [1.82, 2.24) is 10.2 Å². The number of ether oxygens (including phenoxy) is 1. The van der Waals surface area contributed by atoms with Gasteiger partial charge in [-0.1, -0.05) is 0 Å². The molecule has 3 nitrogen and oxygen atoms in total. The van der Waals surface area contributed by atoms with Gasteiger partial charge in [0.25, 0.3) is 0 Å². The average molecular weight is 349 g/mol. The van der Waals surface area contributed by atoms with Crippen LogP contribution in [0, 0.1) is 0 Å². The number of hydrogen-bond donors (Lipinski definition) is 1. The van der Waals surface area contributed by atoms with Crippen molar-refractivity contribution in [3.63, 3.8) is 0 Å². The summed E-state index contributed by atoms with van der Waals surface area (Å²) in [4.78, 5) is 2.35. The molecule has 0 unspecified atom stereocenters. The normalized spacial score (nSPS) is 11.4. The van der Waals surface area contributed by atoms with Crippen molar-refractivity contribution in [2.75, 3.05) is 39.9 Å². The molecule has 0 radical (unpaired) electrons. The second-order valence-corrected chi connectivity index (χ2v) is 6.94. The average Bonchev–Trinajstić information content (AvgIpc) is 2.78. The summed E-state index contributed by atoms with van der Waals surface area (Å²) in [5, 5.41) is 5.69. The van der Waals surface area contributed by atoms with Crippen molar-refractivity contribution in [1.29, 1.82) is 0 Å². The Kier molecular flexibility index (Phi) is 9.73. The van der Waals surface area contributed by atoms with Crippen molar-refractivity contribution in [3.8, 4) is 0 Å². The molecule has 1 aromatic heterocycles. The van der Waals surface area contributed by atoms with E-state index in [9.17, 15) is 0 Å². The zero-order chi connectivity index (χ0) is 13.9. The molecule has 0 fully saturated rings. The van der Waals surface area contributed by atoms with Crippen LogP contribution in [0.1, 0.15) is 25.3 Å². The molecule has 0 aromatic carbocycles. The SMILES string of the molecule is CCOCCCCNCCN(C)Cc1csc(Br)c1. The number of nitrogens with zero attached hydrogens (tertiary/aromatic N) is 1. The van der Waals surface area contributed by atoms with E-state index in [2.05, 4.69) is 44.6 Å². The van der Waals surface area contributed by atoms with Crippen molar-refractivity contribution in [2.24, 2.45) is 0 Å². The van der Waals surface area contributed by atoms with Crippen molar-refractivity contribution in [2.45, 2.75) is 26.3 Å². The summed E-state index contributed by atoms with van der Waals surface area (Å²) in [6.07, 6.45) is 2.35. The van der Waals surface area contributed by atoms with Gasteiger partial charge < -0.3 is 15.0 Å². The molecule has 0 saturated heterocycles. The lowest BCUT2D eigenvalue weighted by Gasteiger charge is -2.16. The molecule has 0 aliphatic carbocycles. The molecule has 5 heteroatoms. The standard InChI is InChI=1S/C14H25BrN2OS/c1-3-18-9-5-4-6-16-7-8-17(2)11-13-10-14(15)19-12-13/h10,12,16H,3-9,11H2,1-2H3. The monoisotopic (exact) mass is 348 g/mol. The molecule has 0 saturated carbocycles. The van der Waals surface area contributed by atoms with Crippen LogP contribution >= 0.6 is 27.3 Å². The topological polar surface area (TPSA) is 24.5 Å². The number of likely N-dealkylation sites (N-methyl/N-ethyl adjacent to an activating group) is 1. The maximum atomic E-state index is 5.31. The Bertz CT molecular complexity index is 333. The van der Waals surface area contributed by atoms with Crippen molar-refractivity contribution >= 4 is 27.3 Å². The summed E-state index contributed by atoms with van der Waals surface area (Å²) in [5.41, 5.74) is 1.39. The minimum absolute atomic E-state index is 0.830. The molecule has 0 spiro atoms. The van der Waals surface area contributed by atoms with E-state index in [0.717, 1.165) is 45.8 Å². The molecule has 0 aliphatic heterocycles. The zero-order valence-electron chi connectivity index (χ0n) is 12.0. The number of rotatable bonds is 11. The van der Waals surface area contributed by atoms with Gasteiger partial charge in [0.15, 0.2) is 0 Å². The van der Waals surface area contributed by atoms with E-state index in [-0.39, 0.29) is 0 Å². The molecule has 0 amide bonds. The highest BCUT2D eigenvalue weighted by molar-refractivity contribution is 9.11. The first-order valence-electron chi connectivity index (χ1n) is 6.92. The Morgan fingerprint density at radius 1 is 1.37 bits per heavy atom. The molecule has 1 heterocycles. The van der Waals surface area contributed by atoms with Crippen LogP contribution in [0.15, 0.2) is 15.2 Å². The fraction of sp³-hybridized carbons (Fsp3) is 0.714. The summed E-state index contributed by atoms with van der Waals surface area (Å²) in [7, 11) is 2.17. The molecule has 19 heavy (non-hydrogen) atoms. The summed E-state index contributed by atoms with van der Waals surface area (Å²) < 4.78 is 6.52. The molecular formula is C14H25BrN2OS. The molecule has 0 aliphatic rings. The van der Waals surface area contributed by atoms with Crippen LogP contribution in [0.25, 0.3) is 0 Å². The fourth-order valence-electron chi connectivity index (χ4n) is 1.81. The van der Waals surface area contributed by atoms with Crippen LogP contribution in [0.2, 0.25) is 0 Å². The predicted molar refractivity (Wildman–Crippen MR) is 86.9 cm³/mol. The minimum atomic E-state index is 0.830. The molecule has 0 atom stereocenters. The lowest BCUT2D eigenvalue weighted by molar-refractivity contribution is 0.143. The summed E-state index contributed by atoms with van der Waals surface area (Å²) in [6.45, 7) is 8.01. The number of unbranched alkanes of at least 4 members (excludes halogenated alkanes) is 1. The Morgan fingerprint density at radius 3 is 2.89 bits per heavy atom. The third kappa shape index (κ3) is 8.76. The van der Waals surface area contributed by atoms with Gasteiger partial charge >= 0.3 is 0 Å². The van der Waals surface area contributed by atoms with Crippen molar-refractivity contribution in [3.05, 3.63) is 20.8 Å². The summed E-state index contributed by atoms with van der Waals surface area (Å²) in [5.74, 6) is 0. The van der Waals surface area contributed by atoms with Gasteiger partial charge in [-0.05, 0) is 66.3 Å². The highest BCUT2D eigenvalue weighted by atomic mass is 79.9. The van der Waals surface area contributed by atoms with Crippen LogP contribution < -0.4 is 5.32 Å². The maximum absolute atomic E-state index is 5.31. The fourth-order valence-corrected chi connectivity index (χ4v) is 3.01. The summed E-state index contributed by atoms with van der Waals surface area (Å²) >= 11 is 5.25. The van der Waals surface area contributed by atoms with Crippen LogP contribution in [0.5, 0.6) is 0 Å². The highest BCUT2D eigenvalue weighted by Crippen LogP contribution is 2.21. The maximum Gasteiger partial charge on any atom is 0.0701 e. The molecule has 1 rings (SSSR count). The lowest BCUT2D eigenvalue weighted by atomic mass is 10.3. The minimum Gasteiger partial charge on any atom is -0.382 e. The third-order valence-electron chi connectivity index (χ3n) is 2.84. The first kappa shape index (κ1) is 17.1. The molecule has 0 bridgehead atoms. The van der Waals surface area contributed by atoms with Crippen LogP contribution in [0.3, 0.4) is 0 Å². The van der Waals surface area contributed by atoms with E-state index in [1.165, 1.54) is 15.8 Å². The third-order valence-corrected chi connectivity index (χ3v) is 4.39. The smallest absolute Gasteiger partial charge is 0.0701 e. The quantitative estimate of drug-likeness (QED) is 0.620. The van der Waals surface area contributed by atoms with Crippen LogP contribution in [0.4, 0.5) is 0 Å².